The minimum Gasteiger partial charge on any atom is -0.469 e. The van der Waals surface area contributed by atoms with Crippen LogP contribution in [0.3, 0.4) is 0 Å². The van der Waals surface area contributed by atoms with Gasteiger partial charge in [0.2, 0.25) is 0 Å². The Balaban J connectivity index is 1.81. The molecule has 200 valence electrons. The van der Waals surface area contributed by atoms with Crippen molar-refractivity contribution in [2.24, 2.45) is 44.3 Å². The molecule has 0 aromatic carbocycles. The summed E-state index contributed by atoms with van der Waals surface area (Å²) in [6.07, 6.45) is 13.4. The fourth-order valence-electron chi connectivity index (χ4n) is 9.29. The molecule has 0 saturated heterocycles. The van der Waals surface area contributed by atoms with Crippen molar-refractivity contribution in [3.05, 3.63) is 23.8 Å². The number of methoxy groups -OCH3 is 1. The second-order valence-corrected chi connectivity index (χ2v) is 14.8. The van der Waals surface area contributed by atoms with Crippen molar-refractivity contribution >= 4 is 17.5 Å². The number of esters is 1. The molecule has 4 nitrogen and oxygen atoms in total. The molecule has 0 N–H and O–H groups in total. The second kappa shape index (κ2) is 8.40. The van der Waals surface area contributed by atoms with Gasteiger partial charge in [0.05, 0.1) is 12.5 Å². The van der Waals surface area contributed by atoms with Crippen LogP contribution in [0.4, 0.5) is 0 Å². The van der Waals surface area contributed by atoms with E-state index in [0.29, 0.717) is 0 Å². The summed E-state index contributed by atoms with van der Waals surface area (Å²) < 4.78 is 5.41. The van der Waals surface area contributed by atoms with Crippen LogP contribution in [0.2, 0.25) is 0 Å². The standard InChI is InChI=1S/C32H48O4/c1-21(33)18-24-30(7)12-11-25(34)28(4,5)23(30)10-13-31(24,8)29(6)15-17-32(26(35)36-9)16-14-27(2,3)19-22(32)20-29/h11-12,18,22-23H,10,13-17,19-20H2,1-9H3/b24-18-/t22?,23-,29+,30-,31+,32-/m0/s1. The SMILES string of the molecule is COC(=O)[C@]12CCC(C)(C)CC1C[C@](C)([C@]1(C)CC[C@H]3C(C)(C)C(=O)C=C[C@]3(C)/C1=C/C(C)=O)CC2. The van der Waals surface area contributed by atoms with Crippen LogP contribution in [0.1, 0.15) is 107 Å². The van der Waals surface area contributed by atoms with Gasteiger partial charge in [0.25, 0.3) is 0 Å². The lowest BCUT2D eigenvalue weighted by Gasteiger charge is -2.65. The summed E-state index contributed by atoms with van der Waals surface area (Å²) in [6.45, 7) is 17.5. The molecule has 0 radical (unpaired) electrons. The zero-order chi connectivity index (χ0) is 26.9. The van der Waals surface area contributed by atoms with Crippen LogP contribution in [-0.4, -0.2) is 24.6 Å². The van der Waals surface area contributed by atoms with E-state index in [4.69, 9.17) is 4.74 Å². The summed E-state index contributed by atoms with van der Waals surface area (Å²) in [5, 5.41) is 0. The van der Waals surface area contributed by atoms with Gasteiger partial charge in [0.15, 0.2) is 11.6 Å². The van der Waals surface area contributed by atoms with E-state index in [0.717, 1.165) is 51.4 Å². The third-order valence-electron chi connectivity index (χ3n) is 11.8. The number of hydrogen-bond acceptors (Lipinski definition) is 4. The Kier molecular flexibility index (Phi) is 6.37. The van der Waals surface area contributed by atoms with Gasteiger partial charge in [0, 0.05) is 10.8 Å². The first kappa shape index (κ1) is 27.3. The van der Waals surface area contributed by atoms with Crippen LogP contribution in [0, 0.1) is 44.3 Å². The van der Waals surface area contributed by atoms with Crippen molar-refractivity contribution < 1.29 is 19.1 Å². The molecule has 0 amide bonds. The maximum Gasteiger partial charge on any atom is 0.312 e. The summed E-state index contributed by atoms with van der Waals surface area (Å²) in [4.78, 5) is 38.8. The minimum atomic E-state index is -0.457. The number of fused-ring (bicyclic) bond motifs is 2. The van der Waals surface area contributed by atoms with E-state index in [-0.39, 0.29) is 56.4 Å². The largest absolute Gasteiger partial charge is 0.469 e. The molecule has 36 heavy (non-hydrogen) atoms. The fourth-order valence-corrected chi connectivity index (χ4v) is 9.29. The Hall–Kier alpha value is -1.71. The molecule has 4 aliphatic carbocycles. The van der Waals surface area contributed by atoms with Crippen molar-refractivity contribution in [1.29, 1.82) is 0 Å². The van der Waals surface area contributed by atoms with Gasteiger partial charge in [-0.1, -0.05) is 60.1 Å². The maximum atomic E-state index is 13.2. The van der Waals surface area contributed by atoms with Gasteiger partial charge in [-0.3, -0.25) is 14.4 Å². The first-order valence-corrected chi connectivity index (χ1v) is 14.0. The number of rotatable bonds is 3. The van der Waals surface area contributed by atoms with E-state index in [9.17, 15) is 14.4 Å². The van der Waals surface area contributed by atoms with Gasteiger partial charge >= 0.3 is 5.97 Å². The van der Waals surface area contributed by atoms with Crippen LogP contribution in [-0.2, 0) is 19.1 Å². The number of ketones is 2. The van der Waals surface area contributed by atoms with Crippen LogP contribution >= 0.6 is 0 Å². The summed E-state index contributed by atoms with van der Waals surface area (Å²) in [5.74, 6) is 0.667. The van der Waals surface area contributed by atoms with E-state index in [2.05, 4.69) is 54.5 Å². The summed E-state index contributed by atoms with van der Waals surface area (Å²) in [7, 11) is 1.54. The summed E-state index contributed by atoms with van der Waals surface area (Å²) >= 11 is 0. The van der Waals surface area contributed by atoms with Crippen molar-refractivity contribution in [3.63, 3.8) is 0 Å². The third-order valence-corrected chi connectivity index (χ3v) is 11.8. The molecule has 3 saturated carbocycles. The van der Waals surface area contributed by atoms with Gasteiger partial charge in [-0.15, -0.1) is 0 Å². The molecule has 4 heteroatoms. The third kappa shape index (κ3) is 3.79. The zero-order valence-electron chi connectivity index (χ0n) is 24.2. The van der Waals surface area contributed by atoms with Gasteiger partial charge < -0.3 is 4.74 Å². The highest BCUT2D eigenvalue weighted by Crippen LogP contribution is 2.71. The van der Waals surface area contributed by atoms with E-state index in [1.807, 2.05) is 6.08 Å². The lowest BCUT2D eigenvalue weighted by atomic mass is 9.39. The fraction of sp³-hybridized carbons (Fsp3) is 0.781. The molecule has 0 heterocycles. The van der Waals surface area contributed by atoms with Gasteiger partial charge in [-0.05, 0) is 98.5 Å². The van der Waals surface area contributed by atoms with Gasteiger partial charge in [0.1, 0.15) is 0 Å². The lowest BCUT2D eigenvalue weighted by Crippen LogP contribution is -2.59. The van der Waals surface area contributed by atoms with Gasteiger partial charge in [-0.25, -0.2) is 0 Å². The van der Waals surface area contributed by atoms with Gasteiger partial charge in [-0.2, -0.15) is 0 Å². The topological polar surface area (TPSA) is 60.4 Å². The quantitative estimate of drug-likeness (QED) is 0.305. The average Bonchev–Trinajstić information content (AvgIpc) is 2.78. The van der Waals surface area contributed by atoms with E-state index in [1.165, 1.54) is 12.7 Å². The monoisotopic (exact) mass is 496 g/mol. The normalized spacial score (nSPS) is 44.5. The summed E-state index contributed by atoms with van der Waals surface area (Å²) in [6, 6.07) is 0. The average molecular weight is 497 g/mol. The molecular formula is C32H48O4. The highest BCUT2D eigenvalue weighted by atomic mass is 16.5. The van der Waals surface area contributed by atoms with E-state index < -0.39 is 5.41 Å². The number of allylic oxidation sites excluding steroid dienone is 4. The Labute approximate surface area is 218 Å². The smallest absolute Gasteiger partial charge is 0.312 e. The lowest BCUT2D eigenvalue weighted by molar-refractivity contribution is -0.174. The van der Waals surface area contributed by atoms with Crippen molar-refractivity contribution in [2.45, 2.75) is 107 Å². The van der Waals surface area contributed by atoms with Crippen molar-refractivity contribution in [1.82, 2.24) is 0 Å². The molecule has 3 fully saturated rings. The second-order valence-electron chi connectivity index (χ2n) is 14.8. The first-order valence-electron chi connectivity index (χ1n) is 14.0. The van der Waals surface area contributed by atoms with E-state index >= 15 is 0 Å². The minimum absolute atomic E-state index is 0.0270. The molecule has 0 aromatic heterocycles. The zero-order valence-corrected chi connectivity index (χ0v) is 24.2. The number of ether oxygens (including phenoxy) is 1. The predicted molar refractivity (Wildman–Crippen MR) is 143 cm³/mol. The number of carbonyl (C=O) groups excluding carboxylic acids is 3. The molecule has 4 rings (SSSR count). The highest BCUT2D eigenvalue weighted by Gasteiger charge is 2.64. The molecular weight excluding hydrogens is 448 g/mol. The number of carbonyl (C=O) groups is 3. The predicted octanol–water partition coefficient (Wildman–Crippen LogP) is 7.27. The molecule has 0 spiro atoms. The summed E-state index contributed by atoms with van der Waals surface area (Å²) in [5.41, 5.74) is -0.0431. The van der Waals surface area contributed by atoms with Crippen molar-refractivity contribution in [2.75, 3.05) is 7.11 Å². The molecule has 4 aliphatic rings. The van der Waals surface area contributed by atoms with E-state index in [1.54, 1.807) is 13.0 Å². The van der Waals surface area contributed by atoms with Crippen LogP contribution < -0.4 is 0 Å². The molecule has 1 unspecified atom stereocenters. The molecule has 0 aromatic rings. The Morgan fingerprint density at radius 3 is 2.19 bits per heavy atom. The molecule has 6 atom stereocenters. The van der Waals surface area contributed by atoms with Crippen molar-refractivity contribution in [3.8, 4) is 0 Å². The maximum absolute atomic E-state index is 13.2. The molecule has 0 bridgehead atoms. The van der Waals surface area contributed by atoms with Crippen LogP contribution in [0.25, 0.3) is 0 Å². The first-order chi connectivity index (χ1) is 16.5. The Morgan fingerprint density at radius 2 is 1.58 bits per heavy atom. The Bertz CT molecular complexity index is 1030. The van der Waals surface area contributed by atoms with Crippen LogP contribution in [0.5, 0.6) is 0 Å². The van der Waals surface area contributed by atoms with Crippen LogP contribution in [0.15, 0.2) is 23.8 Å². The molecule has 0 aliphatic heterocycles. The highest BCUT2D eigenvalue weighted by molar-refractivity contribution is 5.96. The number of hydrogen-bond donors (Lipinski definition) is 0. The Morgan fingerprint density at radius 1 is 0.944 bits per heavy atom.